The Hall–Kier alpha value is -2.31. The zero-order chi connectivity index (χ0) is 17.4. The highest BCUT2D eigenvalue weighted by Gasteiger charge is 2.37. The van der Waals surface area contributed by atoms with Crippen molar-refractivity contribution in [2.45, 2.75) is 44.6 Å². The van der Waals surface area contributed by atoms with Crippen molar-refractivity contribution in [3.8, 4) is 11.4 Å². The normalized spacial score (nSPS) is 21.2. The van der Waals surface area contributed by atoms with Crippen LogP contribution in [0.3, 0.4) is 0 Å². The summed E-state index contributed by atoms with van der Waals surface area (Å²) in [7, 11) is 0. The van der Waals surface area contributed by atoms with Crippen molar-refractivity contribution >= 4 is 5.91 Å². The lowest BCUT2D eigenvalue weighted by Gasteiger charge is -2.24. The summed E-state index contributed by atoms with van der Waals surface area (Å²) < 4.78 is 32.3. The van der Waals surface area contributed by atoms with Gasteiger partial charge in [-0.15, -0.1) is 0 Å². The van der Waals surface area contributed by atoms with Gasteiger partial charge in [0.15, 0.2) is 0 Å². The van der Waals surface area contributed by atoms with Crippen molar-refractivity contribution in [2.24, 2.45) is 5.92 Å². The van der Waals surface area contributed by atoms with Crippen molar-refractivity contribution in [3.05, 3.63) is 35.7 Å². The van der Waals surface area contributed by atoms with E-state index >= 15 is 0 Å². The summed E-state index contributed by atoms with van der Waals surface area (Å²) in [4.78, 5) is 18.8. The van der Waals surface area contributed by atoms with Crippen LogP contribution in [0.25, 0.3) is 11.4 Å². The highest BCUT2D eigenvalue weighted by molar-refractivity contribution is 5.79. The van der Waals surface area contributed by atoms with Crippen LogP contribution in [0.4, 0.5) is 8.78 Å². The van der Waals surface area contributed by atoms with Gasteiger partial charge in [-0.2, -0.15) is 4.98 Å². The van der Waals surface area contributed by atoms with E-state index in [9.17, 15) is 13.6 Å². The average molecular weight is 347 g/mol. The molecule has 132 valence electrons. The molecule has 2 aliphatic rings. The van der Waals surface area contributed by atoms with Crippen molar-refractivity contribution in [1.29, 1.82) is 0 Å². The molecular formula is C18H19F2N3O2. The molecule has 1 saturated carbocycles. The third-order valence-corrected chi connectivity index (χ3v) is 5.14. The van der Waals surface area contributed by atoms with Gasteiger partial charge in [0.2, 0.25) is 17.6 Å². The SMILES string of the molecule is O=C(C1CCCC1)N1CCC[C@H]1c1nc(-c2ccc(F)cc2F)no1. The van der Waals surface area contributed by atoms with E-state index in [1.54, 1.807) is 0 Å². The fourth-order valence-electron chi connectivity index (χ4n) is 3.85. The molecule has 5 nitrogen and oxygen atoms in total. The Bertz CT molecular complexity index is 786. The van der Waals surface area contributed by atoms with Gasteiger partial charge in [-0.3, -0.25) is 4.79 Å². The fraction of sp³-hybridized carbons (Fsp3) is 0.500. The lowest BCUT2D eigenvalue weighted by molar-refractivity contribution is -0.136. The molecule has 2 aromatic rings. The smallest absolute Gasteiger partial charge is 0.249 e. The molecule has 0 bridgehead atoms. The van der Waals surface area contributed by atoms with Crippen LogP contribution < -0.4 is 0 Å². The highest BCUT2D eigenvalue weighted by Crippen LogP contribution is 2.36. The molecule has 1 aliphatic carbocycles. The minimum atomic E-state index is -0.738. The Morgan fingerprint density at radius 1 is 1.16 bits per heavy atom. The molecule has 2 fully saturated rings. The van der Waals surface area contributed by atoms with E-state index in [-0.39, 0.29) is 29.3 Å². The molecule has 1 atom stereocenters. The summed E-state index contributed by atoms with van der Waals surface area (Å²) in [5.41, 5.74) is 0.0862. The van der Waals surface area contributed by atoms with E-state index in [0.717, 1.165) is 50.7 Å². The minimum absolute atomic E-state index is 0.0765. The number of nitrogens with zero attached hydrogens (tertiary/aromatic N) is 3. The molecule has 1 amide bonds. The Labute approximate surface area is 144 Å². The minimum Gasteiger partial charge on any atom is -0.337 e. The van der Waals surface area contributed by atoms with Crippen LogP contribution in [-0.2, 0) is 4.79 Å². The van der Waals surface area contributed by atoms with E-state index in [1.807, 2.05) is 4.90 Å². The number of aromatic nitrogens is 2. The molecule has 0 radical (unpaired) electrons. The van der Waals surface area contributed by atoms with Gasteiger partial charge in [-0.25, -0.2) is 8.78 Å². The second-order valence-electron chi connectivity index (χ2n) is 6.75. The predicted molar refractivity (Wildman–Crippen MR) is 85.3 cm³/mol. The zero-order valence-corrected chi connectivity index (χ0v) is 13.8. The van der Waals surface area contributed by atoms with Gasteiger partial charge in [0.1, 0.15) is 17.7 Å². The van der Waals surface area contributed by atoms with Gasteiger partial charge in [-0.05, 0) is 37.8 Å². The van der Waals surface area contributed by atoms with Crippen LogP contribution >= 0.6 is 0 Å². The van der Waals surface area contributed by atoms with E-state index in [1.165, 1.54) is 6.07 Å². The van der Waals surface area contributed by atoms with Crippen molar-refractivity contribution in [3.63, 3.8) is 0 Å². The van der Waals surface area contributed by atoms with Crippen LogP contribution in [0.5, 0.6) is 0 Å². The molecule has 0 N–H and O–H groups in total. The first-order valence-corrected chi connectivity index (χ1v) is 8.73. The third-order valence-electron chi connectivity index (χ3n) is 5.14. The molecular weight excluding hydrogens is 328 g/mol. The van der Waals surface area contributed by atoms with Crippen molar-refractivity contribution in [2.75, 3.05) is 6.54 Å². The molecule has 2 heterocycles. The summed E-state index contributed by atoms with van der Waals surface area (Å²) in [5.74, 6) is -0.743. The first kappa shape index (κ1) is 16.2. The Kier molecular flexibility index (Phi) is 4.23. The maximum absolute atomic E-state index is 13.9. The molecule has 1 aromatic heterocycles. The molecule has 0 unspecified atom stereocenters. The number of hydrogen-bond acceptors (Lipinski definition) is 4. The maximum atomic E-state index is 13.9. The van der Waals surface area contributed by atoms with E-state index in [2.05, 4.69) is 10.1 Å². The van der Waals surface area contributed by atoms with Crippen LogP contribution in [-0.4, -0.2) is 27.5 Å². The summed E-state index contributed by atoms with van der Waals surface area (Å²) in [6.07, 6.45) is 5.72. The number of likely N-dealkylation sites (tertiary alicyclic amines) is 1. The molecule has 0 spiro atoms. The van der Waals surface area contributed by atoms with Crippen LogP contribution in [0.15, 0.2) is 22.7 Å². The molecule has 25 heavy (non-hydrogen) atoms. The Morgan fingerprint density at radius 3 is 2.72 bits per heavy atom. The zero-order valence-electron chi connectivity index (χ0n) is 13.8. The topological polar surface area (TPSA) is 59.2 Å². The number of halogens is 2. The van der Waals surface area contributed by atoms with E-state index < -0.39 is 11.6 Å². The Balaban J connectivity index is 1.57. The predicted octanol–water partition coefficient (Wildman–Crippen LogP) is 3.87. The number of amides is 1. The molecule has 1 saturated heterocycles. The lowest BCUT2D eigenvalue weighted by atomic mass is 10.1. The van der Waals surface area contributed by atoms with Crippen molar-refractivity contribution in [1.82, 2.24) is 15.0 Å². The average Bonchev–Trinajstić information content (AvgIpc) is 3.34. The number of hydrogen-bond donors (Lipinski definition) is 0. The van der Waals surface area contributed by atoms with Crippen LogP contribution in [0.2, 0.25) is 0 Å². The number of benzene rings is 1. The van der Waals surface area contributed by atoms with Gasteiger partial charge < -0.3 is 9.42 Å². The molecule has 7 heteroatoms. The number of carbonyl (C=O) groups is 1. The highest BCUT2D eigenvalue weighted by atomic mass is 19.1. The van der Waals surface area contributed by atoms with Gasteiger partial charge in [0.25, 0.3) is 0 Å². The summed E-state index contributed by atoms with van der Waals surface area (Å²) in [6, 6.07) is 2.98. The third kappa shape index (κ3) is 3.03. The van der Waals surface area contributed by atoms with E-state index in [0.29, 0.717) is 12.4 Å². The maximum Gasteiger partial charge on any atom is 0.249 e. The first-order valence-electron chi connectivity index (χ1n) is 8.73. The molecule has 1 aliphatic heterocycles. The molecule has 4 rings (SSSR count). The first-order chi connectivity index (χ1) is 12.1. The van der Waals surface area contributed by atoms with Gasteiger partial charge in [-0.1, -0.05) is 18.0 Å². The molecule has 1 aromatic carbocycles. The van der Waals surface area contributed by atoms with Crippen LogP contribution in [0.1, 0.15) is 50.5 Å². The monoisotopic (exact) mass is 347 g/mol. The standard InChI is InChI=1S/C18H19F2N3O2/c19-12-7-8-13(14(20)10-12)16-21-17(25-22-16)15-6-3-9-23(15)18(24)11-4-1-2-5-11/h7-8,10-11,15H,1-6,9H2/t15-/m0/s1. The number of carbonyl (C=O) groups excluding carboxylic acids is 1. The van der Waals surface area contributed by atoms with Gasteiger partial charge in [0.05, 0.1) is 5.56 Å². The Morgan fingerprint density at radius 2 is 1.96 bits per heavy atom. The number of rotatable bonds is 3. The summed E-state index contributed by atoms with van der Waals surface area (Å²) >= 11 is 0. The second-order valence-corrected chi connectivity index (χ2v) is 6.75. The lowest BCUT2D eigenvalue weighted by Crippen LogP contribution is -2.35. The fourth-order valence-corrected chi connectivity index (χ4v) is 3.85. The van der Waals surface area contributed by atoms with Gasteiger partial charge >= 0.3 is 0 Å². The van der Waals surface area contributed by atoms with Crippen molar-refractivity contribution < 1.29 is 18.1 Å². The summed E-state index contributed by atoms with van der Waals surface area (Å²) in [6.45, 7) is 0.683. The van der Waals surface area contributed by atoms with E-state index in [4.69, 9.17) is 4.52 Å². The quantitative estimate of drug-likeness (QED) is 0.846. The summed E-state index contributed by atoms with van der Waals surface area (Å²) in [5, 5.41) is 3.83. The second kappa shape index (κ2) is 6.54. The largest absolute Gasteiger partial charge is 0.337 e. The van der Waals surface area contributed by atoms with Gasteiger partial charge in [0, 0.05) is 18.5 Å². The van der Waals surface area contributed by atoms with Crippen LogP contribution in [0, 0.1) is 17.6 Å².